The number of amides is 2. The first-order chi connectivity index (χ1) is 6.81. The van der Waals surface area contributed by atoms with Crippen molar-refractivity contribution in [3.63, 3.8) is 0 Å². The molecule has 0 aliphatic carbocycles. The molecule has 1 atom stereocenters. The molecule has 0 aromatic rings. The number of carbonyl (C=O) groups is 2. The maximum Gasteiger partial charge on any atom is 0.342 e. The second kappa shape index (κ2) is 8.89. The Bertz CT molecular complexity index is 247. The second-order valence-electron chi connectivity index (χ2n) is 2.60. The Labute approximate surface area is 88.3 Å². The zero-order valence-corrected chi connectivity index (χ0v) is 9.02. The van der Waals surface area contributed by atoms with E-state index in [0.29, 0.717) is 0 Å². The second-order valence-corrected chi connectivity index (χ2v) is 2.60. The molecule has 0 fully saturated rings. The predicted octanol–water partition coefficient (Wildman–Crippen LogP) is 0.772. The number of hydrogen-bond acceptors (Lipinski definition) is 3. The van der Waals surface area contributed by atoms with E-state index in [9.17, 15) is 9.59 Å². The standard InChI is InChI=1S/C5H10N2O2.C4H6O2/c1-3-6-5(9)7-4(2)8;1-3(2)4(5)6/h3-4,8H,1-2H3,(H,7,9);1H2,2H3,(H,5,6). The highest BCUT2D eigenvalue weighted by Crippen LogP contribution is 1.81. The molecule has 0 bridgehead atoms. The highest BCUT2D eigenvalue weighted by molar-refractivity contribution is 5.84. The van der Waals surface area contributed by atoms with Gasteiger partial charge in [-0.3, -0.25) is 0 Å². The van der Waals surface area contributed by atoms with Gasteiger partial charge in [0.05, 0.1) is 0 Å². The van der Waals surface area contributed by atoms with Gasteiger partial charge >= 0.3 is 12.0 Å². The van der Waals surface area contributed by atoms with Gasteiger partial charge in [-0.25, -0.2) is 14.6 Å². The van der Waals surface area contributed by atoms with Gasteiger partial charge in [0.1, 0.15) is 6.23 Å². The SMILES string of the molecule is C=C(C)C(=O)O.CC=NC(=O)NC(C)O. The van der Waals surface area contributed by atoms with Crippen LogP contribution in [0.5, 0.6) is 0 Å². The zero-order chi connectivity index (χ0) is 12.4. The first kappa shape index (κ1) is 15.8. The molecule has 0 saturated heterocycles. The first-order valence-electron chi connectivity index (χ1n) is 4.17. The van der Waals surface area contributed by atoms with E-state index in [1.807, 2.05) is 0 Å². The molecule has 0 radical (unpaired) electrons. The maximum atomic E-state index is 10.4. The molecule has 0 heterocycles. The molecule has 0 saturated carbocycles. The molecular formula is C9H16N2O4. The van der Waals surface area contributed by atoms with Gasteiger partial charge in [0.25, 0.3) is 0 Å². The summed E-state index contributed by atoms with van der Waals surface area (Å²) in [5.74, 6) is -0.935. The van der Waals surface area contributed by atoms with E-state index in [0.717, 1.165) is 0 Å². The largest absolute Gasteiger partial charge is 0.478 e. The number of aliphatic imine (C=N–C) groups is 1. The van der Waals surface area contributed by atoms with Crippen LogP contribution in [-0.2, 0) is 4.79 Å². The average molecular weight is 216 g/mol. The summed E-state index contributed by atoms with van der Waals surface area (Å²) in [4.78, 5) is 23.3. The Morgan fingerprint density at radius 1 is 1.53 bits per heavy atom. The molecule has 0 spiro atoms. The zero-order valence-electron chi connectivity index (χ0n) is 9.02. The van der Waals surface area contributed by atoms with Crippen molar-refractivity contribution in [1.29, 1.82) is 0 Å². The smallest absolute Gasteiger partial charge is 0.342 e. The number of aliphatic carboxylic acids is 1. The Balaban J connectivity index is 0. The summed E-state index contributed by atoms with van der Waals surface area (Å²) in [6.45, 7) is 7.68. The van der Waals surface area contributed by atoms with E-state index < -0.39 is 18.2 Å². The summed E-state index contributed by atoms with van der Waals surface area (Å²) in [6.07, 6.45) is 0.527. The highest BCUT2D eigenvalue weighted by atomic mass is 16.4. The third kappa shape index (κ3) is 15.1. The third-order valence-electron chi connectivity index (χ3n) is 0.944. The molecule has 0 aromatic heterocycles. The van der Waals surface area contributed by atoms with Crippen molar-refractivity contribution in [1.82, 2.24) is 5.32 Å². The fourth-order valence-electron chi connectivity index (χ4n) is 0.333. The average Bonchev–Trinajstić information content (AvgIpc) is 2.03. The number of carboxylic acids is 1. The van der Waals surface area contributed by atoms with Crippen LogP contribution in [0.25, 0.3) is 0 Å². The quantitative estimate of drug-likeness (QED) is 0.360. The van der Waals surface area contributed by atoms with Crippen LogP contribution in [0.3, 0.4) is 0 Å². The normalized spacial score (nSPS) is 11.2. The van der Waals surface area contributed by atoms with E-state index in [2.05, 4.69) is 16.9 Å². The lowest BCUT2D eigenvalue weighted by Gasteiger charge is -2.01. The summed E-state index contributed by atoms with van der Waals surface area (Å²) in [5.41, 5.74) is 0.176. The van der Waals surface area contributed by atoms with Crippen LogP contribution in [0.15, 0.2) is 17.1 Å². The van der Waals surface area contributed by atoms with Crippen LogP contribution in [0.4, 0.5) is 4.79 Å². The van der Waals surface area contributed by atoms with E-state index in [1.54, 1.807) is 6.92 Å². The molecule has 6 nitrogen and oxygen atoms in total. The molecule has 0 aromatic carbocycles. The molecule has 15 heavy (non-hydrogen) atoms. The molecular weight excluding hydrogens is 200 g/mol. The number of hydrogen-bond donors (Lipinski definition) is 3. The number of aliphatic hydroxyl groups excluding tert-OH is 1. The molecule has 0 aliphatic rings. The van der Waals surface area contributed by atoms with E-state index >= 15 is 0 Å². The lowest BCUT2D eigenvalue weighted by atomic mass is 10.4. The van der Waals surface area contributed by atoms with Crippen LogP contribution in [0.1, 0.15) is 20.8 Å². The number of urea groups is 1. The Morgan fingerprint density at radius 3 is 2.13 bits per heavy atom. The Kier molecular flexibility index (Phi) is 9.34. The lowest BCUT2D eigenvalue weighted by molar-refractivity contribution is -0.132. The fraction of sp³-hybridized carbons (Fsp3) is 0.444. The number of carbonyl (C=O) groups excluding carboxylic acids is 1. The van der Waals surface area contributed by atoms with Crippen LogP contribution in [0.2, 0.25) is 0 Å². The van der Waals surface area contributed by atoms with Crippen LogP contribution in [0, 0.1) is 0 Å². The molecule has 3 N–H and O–H groups in total. The van der Waals surface area contributed by atoms with E-state index in [-0.39, 0.29) is 5.57 Å². The number of rotatable bonds is 2. The van der Waals surface area contributed by atoms with Gasteiger partial charge in [-0.1, -0.05) is 6.58 Å². The van der Waals surface area contributed by atoms with Crippen molar-refractivity contribution in [2.45, 2.75) is 27.0 Å². The molecule has 2 amide bonds. The van der Waals surface area contributed by atoms with E-state index in [4.69, 9.17) is 10.2 Å². The summed E-state index contributed by atoms with van der Waals surface area (Å²) >= 11 is 0. The van der Waals surface area contributed by atoms with E-state index in [1.165, 1.54) is 20.1 Å². The molecule has 1 unspecified atom stereocenters. The molecule has 86 valence electrons. The van der Waals surface area contributed by atoms with Crippen LogP contribution in [-0.4, -0.2) is 34.7 Å². The molecule has 6 heteroatoms. The fourth-order valence-corrected chi connectivity index (χ4v) is 0.333. The minimum atomic E-state index is -0.935. The lowest BCUT2D eigenvalue weighted by Crippen LogP contribution is -2.29. The van der Waals surface area contributed by atoms with Gasteiger partial charge in [0.2, 0.25) is 0 Å². The monoisotopic (exact) mass is 216 g/mol. The van der Waals surface area contributed by atoms with Crippen LogP contribution < -0.4 is 5.32 Å². The molecule has 0 aliphatic heterocycles. The first-order valence-corrected chi connectivity index (χ1v) is 4.17. The van der Waals surface area contributed by atoms with Gasteiger partial charge in [-0.05, 0) is 20.8 Å². The van der Waals surface area contributed by atoms with Gasteiger partial charge in [-0.2, -0.15) is 0 Å². The summed E-state index contributed by atoms with van der Waals surface area (Å²) in [6, 6.07) is -0.521. The predicted molar refractivity (Wildman–Crippen MR) is 56.8 cm³/mol. The van der Waals surface area contributed by atoms with Gasteiger partial charge in [0.15, 0.2) is 0 Å². The third-order valence-corrected chi connectivity index (χ3v) is 0.944. The topological polar surface area (TPSA) is 99.0 Å². The van der Waals surface area contributed by atoms with Gasteiger partial charge < -0.3 is 15.5 Å². The van der Waals surface area contributed by atoms with Crippen molar-refractivity contribution >= 4 is 18.2 Å². The van der Waals surface area contributed by atoms with Gasteiger partial charge in [0, 0.05) is 11.8 Å². The maximum absolute atomic E-state index is 10.4. The number of nitrogens with zero attached hydrogens (tertiary/aromatic N) is 1. The summed E-state index contributed by atoms with van der Waals surface area (Å²) in [5, 5.41) is 18.6. The summed E-state index contributed by atoms with van der Waals surface area (Å²) in [7, 11) is 0. The van der Waals surface area contributed by atoms with Crippen molar-refractivity contribution in [3.05, 3.63) is 12.2 Å². The van der Waals surface area contributed by atoms with Crippen molar-refractivity contribution in [2.75, 3.05) is 0 Å². The number of aliphatic hydroxyl groups is 1. The summed E-state index contributed by atoms with van der Waals surface area (Å²) < 4.78 is 0. The Morgan fingerprint density at radius 2 is 1.93 bits per heavy atom. The van der Waals surface area contributed by atoms with Crippen molar-refractivity contribution in [2.24, 2.45) is 4.99 Å². The Hall–Kier alpha value is -1.69. The van der Waals surface area contributed by atoms with Crippen molar-refractivity contribution in [3.8, 4) is 0 Å². The minimum absolute atomic E-state index is 0.176. The van der Waals surface area contributed by atoms with Crippen LogP contribution >= 0.6 is 0 Å². The van der Waals surface area contributed by atoms with Gasteiger partial charge in [-0.15, -0.1) is 0 Å². The highest BCUT2D eigenvalue weighted by Gasteiger charge is 1.97. The number of carboxylic acid groups (broad SMARTS) is 1. The van der Waals surface area contributed by atoms with Crippen molar-refractivity contribution < 1.29 is 19.8 Å². The number of nitrogens with one attached hydrogen (secondary N) is 1. The molecule has 0 rings (SSSR count). The minimum Gasteiger partial charge on any atom is -0.478 e.